The summed E-state index contributed by atoms with van der Waals surface area (Å²) >= 11 is 0. The molecule has 1 aliphatic rings. The molecule has 0 spiro atoms. The number of aromatic nitrogens is 1. The highest BCUT2D eigenvalue weighted by Crippen LogP contribution is 2.24. The van der Waals surface area contributed by atoms with Gasteiger partial charge in [-0.2, -0.15) is 13.8 Å². The Morgan fingerprint density at radius 1 is 1.11 bits per heavy atom. The zero-order chi connectivity index (χ0) is 13.7. The van der Waals surface area contributed by atoms with E-state index < -0.39 is 11.9 Å². The van der Waals surface area contributed by atoms with Crippen molar-refractivity contribution in [3.63, 3.8) is 0 Å². The summed E-state index contributed by atoms with van der Waals surface area (Å²) in [6.07, 6.45) is 7.26. The quantitative estimate of drug-likeness (QED) is 0.832. The van der Waals surface area contributed by atoms with Crippen molar-refractivity contribution in [1.29, 1.82) is 0 Å². The fourth-order valence-corrected chi connectivity index (χ4v) is 2.46. The number of rotatable bonds is 2. The van der Waals surface area contributed by atoms with Crippen molar-refractivity contribution >= 4 is 11.6 Å². The molecule has 19 heavy (non-hydrogen) atoms. The molecule has 0 atom stereocenters. The number of nitrogens with zero attached hydrogens (tertiary/aromatic N) is 1. The van der Waals surface area contributed by atoms with Crippen molar-refractivity contribution in [3.8, 4) is 0 Å². The first kappa shape index (κ1) is 13.9. The zero-order valence-electron chi connectivity index (χ0n) is 10.8. The minimum atomic E-state index is -0.973. The second kappa shape index (κ2) is 6.59. The second-order valence-corrected chi connectivity index (χ2v) is 5.00. The van der Waals surface area contributed by atoms with Crippen LogP contribution in [0.3, 0.4) is 0 Å². The number of amides is 1. The van der Waals surface area contributed by atoms with Crippen LogP contribution in [0.25, 0.3) is 0 Å². The first-order valence-corrected chi connectivity index (χ1v) is 6.80. The van der Waals surface area contributed by atoms with E-state index in [2.05, 4.69) is 10.3 Å². The molecular formula is C14H18F2N2O. The number of hydrogen-bond acceptors (Lipinski definition) is 2. The van der Waals surface area contributed by atoms with E-state index in [0.717, 1.165) is 44.6 Å². The number of carbonyl (C=O) groups is 1. The molecule has 104 valence electrons. The lowest BCUT2D eigenvalue weighted by atomic mass is 9.90. The number of anilines is 1. The SMILES string of the molecule is O=C(Nc1ccc(F)nc1F)C1CCCCCCC1. The molecule has 5 heteroatoms. The molecule has 1 amide bonds. The summed E-state index contributed by atoms with van der Waals surface area (Å²) in [5, 5.41) is 2.51. The molecule has 1 heterocycles. The third-order valence-corrected chi connectivity index (χ3v) is 3.55. The zero-order valence-corrected chi connectivity index (χ0v) is 10.8. The van der Waals surface area contributed by atoms with E-state index in [1.807, 2.05) is 0 Å². The highest BCUT2D eigenvalue weighted by atomic mass is 19.1. The van der Waals surface area contributed by atoms with Crippen LogP contribution in [0.4, 0.5) is 14.5 Å². The Balaban J connectivity index is 1.98. The van der Waals surface area contributed by atoms with E-state index in [1.165, 1.54) is 12.5 Å². The highest BCUT2D eigenvalue weighted by Gasteiger charge is 2.20. The molecule has 1 aromatic rings. The summed E-state index contributed by atoms with van der Waals surface area (Å²) in [5.74, 6) is -2.13. The van der Waals surface area contributed by atoms with Crippen LogP contribution in [0.2, 0.25) is 0 Å². The maximum absolute atomic E-state index is 13.4. The average Bonchev–Trinajstić information content (AvgIpc) is 2.32. The van der Waals surface area contributed by atoms with Gasteiger partial charge >= 0.3 is 0 Å². The molecule has 1 fully saturated rings. The third-order valence-electron chi connectivity index (χ3n) is 3.55. The smallest absolute Gasteiger partial charge is 0.239 e. The minimum Gasteiger partial charge on any atom is -0.322 e. The summed E-state index contributed by atoms with van der Waals surface area (Å²) in [4.78, 5) is 15.1. The van der Waals surface area contributed by atoms with Gasteiger partial charge in [0, 0.05) is 5.92 Å². The molecule has 0 aromatic carbocycles. The van der Waals surface area contributed by atoms with Crippen LogP contribution in [-0.2, 0) is 4.79 Å². The number of pyridine rings is 1. The Labute approximate surface area is 111 Å². The third kappa shape index (κ3) is 3.98. The van der Waals surface area contributed by atoms with Crippen molar-refractivity contribution < 1.29 is 13.6 Å². The van der Waals surface area contributed by atoms with E-state index >= 15 is 0 Å². The normalized spacial score (nSPS) is 17.6. The van der Waals surface area contributed by atoms with Gasteiger partial charge in [0.1, 0.15) is 0 Å². The fourth-order valence-electron chi connectivity index (χ4n) is 2.46. The largest absolute Gasteiger partial charge is 0.322 e. The molecule has 1 aliphatic carbocycles. The molecule has 1 saturated carbocycles. The average molecular weight is 268 g/mol. The summed E-state index contributed by atoms with van der Waals surface area (Å²) in [5.41, 5.74) is -0.0477. The predicted octanol–water partition coefficient (Wildman–Crippen LogP) is 3.66. The van der Waals surface area contributed by atoms with Gasteiger partial charge in [0.2, 0.25) is 17.8 Å². The molecule has 3 nitrogen and oxygen atoms in total. The maximum atomic E-state index is 13.4. The van der Waals surface area contributed by atoms with Gasteiger partial charge in [-0.25, -0.2) is 0 Å². The van der Waals surface area contributed by atoms with Crippen LogP contribution in [0.5, 0.6) is 0 Å². The first-order valence-electron chi connectivity index (χ1n) is 6.80. The molecule has 1 aromatic heterocycles. The maximum Gasteiger partial charge on any atom is 0.239 e. The van der Waals surface area contributed by atoms with Gasteiger partial charge in [0.05, 0.1) is 5.69 Å². The van der Waals surface area contributed by atoms with E-state index in [9.17, 15) is 13.6 Å². The molecule has 0 unspecified atom stereocenters. The van der Waals surface area contributed by atoms with Crippen LogP contribution < -0.4 is 5.32 Å². The Morgan fingerprint density at radius 2 is 1.74 bits per heavy atom. The Bertz CT molecular complexity index is 443. The van der Waals surface area contributed by atoms with Gasteiger partial charge in [-0.15, -0.1) is 0 Å². The van der Waals surface area contributed by atoms with Crippen molar-refractivity contribution in [2.45, 2.75) is 44.9 Å². The monoisotopic (exact) mass is 268 g/mol. The lowest BCUT2D eigenvalue weighted by Gasteiger charge is -2.19. The lowest BCUT2D eigenvalue weighted by Crippen LogP contribution is -2.24. The van der Waals surface area contributed by atoms with Crippen LogP contribution >= 0.6 is 0 Å². The Hall–Kier alpha value is -1.52. The minimum absolute atomic E-state index is 0.0477. The van der Waals surface area contributed by atoms with E-state index in [1.54, 1.807) is 0 Å². The van der Waals surface area contributed by atoms with Crippen molar-refractivity contribution in [2.24, 2.45) is 5.92 Å². The van der Waals surface area contributed by atoms with E-state index in [4.69, 9.17) is 0 Å². The van der Waals surface area contributed by atoms with Crippen LogP contribution in [0.15, 0.2) is 12.1 Å². The van der Waals surface area contributed by atoms with E-state index in [0.29, 0.717) is 0 Å². The predicted molar refractivity (Wildman–Crippen MR) is 68.6 cm³/mol. The summed E-state index contributed by atoms with van der Waals surface area (Å²) in [6, 6.07) is 2.25. The molecular weight excluding hydrogens is 250 g/mol. The van der Waals surface area contributed by atoms with Crippen molar-refractivity contribution in [2.75, 3.05) is 5.32 Å². The number of carbonyl (C=O) groups excluding carboxylic acids is 1. The fraction of sp³-hybridized carbons (Fsp3) is 0.571. The number of hydrogen-bond donors (Lipinski definition) is 1. The number of halogens is 2. The topological polar surface area (TPSA) is 42.0 Å². The number of nitrogens with one attached hydrogen (secondary N) is 1. The molecule has 0 aliphatic heterocycles. The first-order chi connectivity index (χ1) is 9.16. The van der Waals surface area contributed by atoms with Gasteiger partial charge in [-0.1, -0.05) is 32.1 Å². The summed E-state index contributed by atoms with van der Waals surface area (Å²) in [6.45, 7) is 0. The van der Waals surface area contributed by atoms with Gasteiger partial charge in [0.15, 0.2) is 0 Å². The lowest BCUT2D eigenvalue weighted by molar-refractivity contribution is -0.120. The molecule has 2 rings (SSSR count). The Morgan fingerprint density at radius 3 is 2.37 bits per heavy atom. The van der Waals surface area contributed by atoms with Crippen LogP contribution in [0, 0.1) is 17.8 Å². The van der Waals surface area contributed by atoms with Crippen molar-refractivity contribution in [3.05, 3.63) is 24.0 Å². The van der Waals surface area contributed by atoms with Crippen molar-refractivity contribution in [1.82, 2.24) is 4.98 Å². The van der Waals surface area contributed by atoms with Gasteiger partial charge in [-0.05, 0) is 25.0 Å². The van der Waals surface area contributed by atoms with Crippen LogP contribution in [-0.4, -0.2) is 10.9 Å². The van der Waals surface area contributed by atoms with Gasteiger partial charge in [-0.3, -0.25) is 4.79 Å². The van der Waals surface area contributed by atoms with E-state index in [-0.39, 0.29) is 17.5 Å². The Kier molecular flexibility index (Phi) is 4.82. The van der Waals surface area contributed by atoms with Gasteiger partial charge in [0.25, 0.3) is 0 Å². The van der Waals surface area contributed by atoms with Crippen LogP contribution in [0.1, 0.15) is 44.9 Å². The molecule has 0 bridgehead atoms. The highest BCUT2D eigenvalue weighted by molar-refractivity contribution is 5.92. The second-order valence-electron chi connectivity index (χ2n) is 5.00. The molecule has 0 saturated heterocycles. The molecule has 0 radical (unpaired) electrons. The summed E-state index contributed by atoms with van der Waals surface area (Å²) in [7, 11) is 0. The van der Waals surface area contributed by atoms with Gasteiger partial charge < -0.3 is 5.32 Å². The molecule has 1 N–H and O–H groups in total. The standard InChI is InChI=1S/C14H18F2N2O/c15-12-9-8-11(13(16)18-12)17-14(19)10-6-4-2-1-3-5-7-10/h8-10H,1-7H2,(H,17,19). The summed E-state index contributed by atoms with van der Waals surface area (Å²) < 4.78 is 26.0.